The quantitative estimate of drug-likeness (QED) is 0.633. The number of rotatable bonds is 6. The number of nitrogens with zero attached hydrogens (tertiary/aromatic N) is 4. The fourth-order valence-corrected chi connectivity index (χ4v) is 4.18. The zero-order valence-corrected chi connectivity index (χ0v) is 17.9. The molecule has 1 aromatic carbocycles. The summed E-state index contributed by atoms with van der Waals surface area (Å²) in [5.74, 6) is 0. The highest BCUT2D eigenvalue weighted by atomic mass is 32.1. The molecule has 4 rings (SSSR count). The minimum absolute atomic E-state index is 0.00459. The van der Waals surface area contributed by atoms with Crippen LogP contribution in [0, 0.1) is 6.92 Å². The van der Waals surface area contributed by atoms with Gasteiger partial charge in [-0.2, -0.15) is 0 Å². The third-order valence-electron chi connectivity index (χ3n) is 5.38. The van der Waals surface area contributed by atoms with Crippen LogP contribution in [0.5, 0.6) is 0 Å². The second-order valence-corrected chi connectivity index (χ2v) is 8.15. The standard InChI is InChI=1S/C23H27N5S/c1-17-9-11-18(12-10-17)27-14-6-8-20(27)22-21(19-7-4-5-13-24-19)25-23(29)28(22)16-15-26(2)3/h4-14,21-22H,15-16H2,1-3H3,(H,25,29)/t21-,22-/m1/s1. The fourth-order valence-electron chi connectivity index (χ4n) is 3.85. The Labute approximate surface area is 178 Å². The van der Waals surface area contributed by atoms with Crippen molar-refractivity contribution in [3.05, 3.63) is 83.9 Å². The summed E-state index contributed by atoms with van der Waals surface area (Å²) in [4.78, 5) is 9.12. The highest BCUT2D eigenvalue weighted by Gasteiger charge is 2.41. The van der Waals surface area contributed by atoms with Crippen molar-refractivity contribution < 1.29 is 0 Å². The highest BCUT2D eigenvalue weighted by molar-refractivity contribution is 7.80. The summed E-state index contributed by atoms with van der Waals surface area (Å²) >= 11 is 5.76. The van der Waals surface area contributed by atoms with Gasteiger partial charge < -0.3 is 19.7 Å². The maximum Gasteiger partial charge on any atom is 0.170 e. The van der Waals surface area contributed by atoms with Crippen molar-refractivity contribution in [2.45, 2.75) is 19.0 Å². The topological polar surface area (TPSA) is 36.3 Å². The third-order valence-corrected chi connectivity index (χ3v) is 5.73. The molecule has 2 atom stereocenters. The molecule has 1 fully saturated rings. The number of hydrogen-bond donors (Lipinski definition) is 1. The number of likely N-dealkylation sites (N-methyl/N-ethyl adjacent to an activating group) is 1. The Morgan fingerprint density at radius 3 is 2.55 bits per heavy atom. The van der Waals surface area contributed by atoms with Gasteiger partial charge in [0.05, 0.1) is 17.8 Å². The van der Waals surface area contributed by atoms with E-state index in [4.69, 9.17) is 12.2 Å². The molecule has 5 nitrogen and oxygen atoms in total. The van der Waals surface area contributed by atoms with Crippen molar-refractivity contribution in [2.75, 3.05) is 27.2 Å². The Morgan fingerprint density at radius 2 is 1.86 bits per heavy atom. The summed E-state index contributed by atoms with van der Waals surface area (Å²) in [5.41, 5.74) is 4.62. The van der Waals surface area contributed by atoms with Crippen LogP contribution in [0.3, 0.4) is 0 Å². The smallest absolute Gasteiger partial charge is 0.170 e. The number of nitrogens with one attached hydrogen (secondary N) is 1. The van der Waals surface area contributed by atoms with Gasteiger partial charge in [-0.25, -0.2) is 0 Å². The predicted octanol–water partition coefficient (Wildman–Crippen LogP) is 3.71. The lowest BCUT2D eigenvalue weighted by molar-refractivity contribution is 0.272. The SMILES string of the molecule is Cc1ccc(-n2cccc2[C@@H]2[C@@H](c3ccccn3)NC(=S)N2CCN(C)C)cc1. The molecule has 0 bridgehead atoms. The van der Waals surface area contributed by atoms with Crippen LogP contribution in [0.15, 0.2) is 67.0 Å². The van der Waals surface area contributed by atoms with Gasteiger partial charge in [-0.1, -0.05) is 23.8 Å². The van der Waals surface area contributed by atoms with Crippen molar-refractivity contribution in [3.8, 4) is 5.69 Å². The van der Waals surface area contributed by atoms with Gasteiger partial charge in [0.1, 0.15) is 0 Å². The molecule has 150 valence electrons. The van der Waals surface area contributed by atoms with Crippen LogP contribution in [-0.2, 0) is 0 Å². The molecule has 3 aromatic rings. The molecule has 0 unspecified atom stereocenters. The summed E-state index contributed by atoms with van der Waals surface area (Å²) in [6, 6.07) is 19.1. The normalized spacial score (nSPS) is 19.0. The monoisotopic (exact) mass is 405 g/mol. The molecular weight excluding hydrogens is 378 g/mol. The lowest BCUT2D eigenvalue weighted by atomic mass is 10.0. The number of benzene rings is 1. The Bertz CT molecular complexity index is 964. The van der Waals surface area contributed by atoms with Crippen molar-refractivity contribution in [3.63, 3.8) is 0 Å². The average Bonchev–Trinajstić information content (AvgIpc) is 3.32. The maximum absolute atomic E-state index is 5.76. The zero-order valence-electron chi connectivity index (χ0n) is 17.1. The van der Waals surface area contributed by atoms with Crippen LogP contribution in [0.4, 0.5) is 0 Å². The van der Waals surface area contributed by atoms with E-state index in [0.29, 0.717) is 0 Å². The van der Waals surface area contributed by atoms with E-state index in [9.17, 15) is 0 Å². The molecule has 1 saturated heterocycles. The van der Waals surface area contributed by atoms with E-state index in [1.165, 1.54) is 11.3 Å². The van der Waals surface area contributed by atoms with Gasteiger partial charge in [-0.05, 0) is 69.6 Å². The lowest BCUT2D eigenvalue weighted by Gasteiger charge is -2.29. The van der Waals surface area contributed by atoms with E-state index in [0.717, 1.165) is 29.6 Å². The summed E-state index contributed by atoms with van der Waals surface area (Å²) in [7, 11) is 4.18. The van der Waals surface area contributed by atoms with Crippen LogP contribution < -0.4 is 5.32 Å². The van der Waals surface area contributed by atoms with Crippen LogP contribution in [0.1, 0.15) is 29.0 Å². The van der Waals surface area contributed by atoms with Gasteiger partial charge in [-0.15, -0.1) is 0 Å². The maximum atomic E-state index is 5.76. The van der Waals surface area contributed by atoms with Crippen LogP contribution in [-0.4, -0.2) is 51.6 Å². The third kappa shape index (κ3) is 4.04. The molecule has 0 saturated carbocycles. The summed E-state index contributed by atoms with van der Waals surface area (Å²) in [6.45, 7) is 3.89. The van der Waals surface area contributed by atoms with Crippen LogP contribution in [0.25, 0.3) is 5.69 Å². The first-order chi connectivity index (χ1) is 14.0. The molecule has 0 amide bonds. The Hall–Kier alpha value is -2.70. The van der Waals surface area contributed by atoms with E-state index >= 15 is 0 Å². The summed E-state index contributed by atoms with van der Waals surface area (Å²) in [5, 5.41) is 4.31. The highest BCUT2D eigenvalue weighted by Crippen LogP contribution is 2.39. The van der Waals surface area contributed by atoms with Gasteiger partial charge in [0, 0.05) is 36.9 Å². The van der Waals surface area contributed by atoms with E-state index in [-0.39, 0.29) is 12.1 Å². The minimum Gasteiger partial charge on any atom is -0.352 e. The van der Waals surface area contributed by atoms with Gasteiger partial charge in [0.25, 0.3) is 0 Å². The zero-order chi connectivity index (χ0) is 20.4. The fraction of sp³-hybridized carbons (Fsp3) is 0.304. The first kappa shape index (κ1) is 19.6. The van der Waals surface area contributed by atoms with Gasteiger partial charge in [0.15, 0.2) is 5.11 Å². The minimum atomic E-state index is 0.00459. The Balaban J connectivity index is 1.77. The lowest BCUT2D eigenvalue weighted by Crippen LogP contribution is -2.36. The number of aromatic nitrogens is 2. The molecule has 29 heavy (non-hydrogen) atoms. The van der Waals surface area contributed by atoms with Crippen LogP contribution in [0.2, 0.25) is 0 Å². The summed E-state index contributed by atoms with van der Waals surface area (Å²) in [6.07, 6.45) is 3.97. The molecule has 2 aromatic heterocycles. The number of aryl methyl sites for hydroxylation is 1. The molecule has 3 heterocycles. The van der Waals surface area contributed by atoms with E-state index in [1.807, 2.05) is 18.3 Å². The van der Waals surface area contributed by atoms with Crippen molar-refractivity contribution in [2.24, 2.45) is 0 Å². The molecule has 0 radical (unpaired) electrons. The molecule has 0 spiro atoms. The molecule has 1 aliphatic rings. The number of thiocarbonyl (C=S) groups is 1. The van der Waals surface area contributed by atoms with E-state index in [1.54, 1.807) is 0 Å². The van der Waals surface area contributed by atoms with Crippen LogP contribution >= 0.6 is 12.2 Å². The average molecular weight is 406 g/mol. The van der Waals surface area contributed by atoms with Gasteiger partial charge in [-0.3, -0.25) is 4.98 Å². The Morgan fingerprint density at radius 1 is 1.07 bits per heavy atom. The second-order valence-electron chi connectivity index (χ2n) is 7.76. The molecule has 1 N–H and O–H groups in total. The van der Waals surface area contributed by atoms with E-state index in [2.05, 4.69) is 94.3 Å². The summed E-state index contributed by atoms with van der Waals surface area (Å²) < 4.78 is 2.26. The molecule has 1 aliphatic heterocycles. The Kier molecular flexibility index (Phi) is 5.65. The van der Waals surface area contributed by atoms with E-state index < -0.39 is 0 Å². The largest absolute Gasteiger partial charge is 0.352 e. The number of pyridine rings is 1. The van der Waals surface area contributed by atoms with Crippen molar-refractivity contribution in [1.29, 1.82) is 0 Å². The first-order valence-electron chi connectivity index (χ1n) is 9.91. The first-order valence-corrected chi connectivity index (χ1v) is 10.3. The molecule has 0 aliphatic carbocycles. The van der Waals surface area contributed by atoms with Crippen molar-refractivity contribution >= 4 is 17.3 Å². The van der Waals surface area contributed by atoms with Crippen molar-refractivity contribution in [1.82, 2.24) is 24.7 Å². The molecule has 6 heteroatoms. The van der Waals surface area contributed by atoms with Gasteiger partial charge >= 0.3 is 0 Å². The number of hydrogen-bond acceptors (Lipinski definition) is 3. The predicted molar refractivity (Wildman–Crippen MR) is 121 cm³/mol. The van der Waals surface area contributed by atoms with Gasteiger partial charge in [0.2, 0.25) is 0 Å². The molecular formula is C23H27N5S. The second kappa shape index (κ2) is 8.35.